The molecule has 13 nitrogen and oxygen atoms in total. The van der Waals surface area contributed by atoms with Gasteiger partial charge in [0.1, 0.15) is 12.4 Å². The van der Waals surface area contributed by atoms with Crippen LogP contribution in [0.1, 0.15) is 44.1 Å². The first-order valence-corrected chi connectivity index (χ1v) is 13.9. The van der Waals surface area contributed by atoms with Crippen molar-refractivity contribution < 1.29 is 27.9 Å². The molecule has 0 spiro atoms. The third-order valence-corrected chi connectivity index (χ3v) is 7.97. The fourth-order valence-electron chi connectivity index (χ4n) is 4.40. The third-order valence-electron chi connectivity index (χ3n) is 6.48. The Hall–Kier alpha value is -3.70. The molecular formula is C24H33N7O6S. The Kier molecular flexibility index (Phi) is 10.0. The monoisotopic (exact) mass is 547 g/mol. The van der Waals surface area contributed by atoms with Crippen molar-refractivity contribution >= 4 is 34.1 Å². The number of hydrazone groups is 1. The standard InChI is InChI=1S/C24H33N7O6S/c25-13-17-3-7-20(8-4-17)38(36,37)29-21(24(35)31(19-5-6-19)11-9-23(33)34)12-22(32)27-14-18-2-1-10-30(15-18)16-28-26/h3-4,7-8,16,18-19,21,29H,1-2,5-6,9-12,14-15,26H2,(H,27,32)(H,33,34)/t18-,21-/m0/s1. The number of amides is 2. The SMILES string of the molecule is N#Cc1ccc(S(=O)(=O)N[C@@H](CC(=O)NC[C@@H]2CCCN(C=NN)C2)C(=O)N(CCC(=O)O)C2CC2)cc1. The van der Waals surface area contributed by atoms with E-state index in [4.69, 9.17) is 16.2 Å². The Bertz CT molecular complexity index is 1180. The molecule has 0 aromatic heterocycles. The number of nitriles is 1. The molecular weight excluding hydrogens is 514 g/mol. The van der Waals surface area contributed by atoms with Crippen molar-refractivity contribution in [3.8, 4) is 6.07 Å². The first-order valence-electron chi connectivity index (χ1n) is 12.4. The Morgan fingerprint density at radius 2 is 1.97 bits per heavy atom. The van der Waals surface area contributed by atoms with Crippen molar-refractivity contribution in [1.29, 1.82) is 5.26 Å². The number of hydrogen-bond acceptors (Lipinski definition) is 8. The lowest BCUT2D eigenvalue weighted by atomic mass is 9.98. The van der Waals surface area contributed by atoms with Crippen molar-refractivity contribution in [2.75, 3.05) is 26.2 Å². The van der Waals surface area contributed by atoms with Crippen molar-refractivity contribution in [2.45, 2.75) is 55.5 Å². The normalized spacial score (nSPS) is 18.5. The van der Waals surface area contributed by atoms with Crippen LogP contribution in [-0.2, 0) is 24.4 Å². The summed E-state index contributed by atoms with van der Waals surface area (Å²) in [4.78, 5) is 40.6. The van der Waals surface area contributed by atoms with Crippen molar-refractivity contribution in [1.82, 2.24) is 19.8 Å². The average Bonchev–Trinajstić information content (AvgIpc) is 3.73. The maximum atomic E-state index is 13.5. The molecule has 0 bridgehead atoms. The number of carbonyl (C=O) groups excluding carboxylic acids is 2. The molecule has 2 amide bonds. The second kappa shape index (κ2) is 13.2. The number of nitrogens with two attached hydrogens (primary N) is 1. The summed E-state index contributed by atoms with van der Waals surface area (Å²) in [6, 6.07) is 5.44. The van der Waals surface area contributed by atoms with Crippen LogP contribution in [0.25, 0.3) is 0 Å². The molecule has 14 heteroatoms. The molecule has 0 unspecified atom stereocenters. The van der Waals surface area contributed by atoms with Gasteiger partial charge in [-0.05, 0) is 55.9 Å². The maximum absolute atomic E-state index is 13.5. The second-order valence-corrected chi connectivity index (χ2v) is 11.2. The van der Waals surface area contributed by atoms with E-state index in [9.17, 15) is 22.8 Å². The maximum Gasteiger partial charge on any atom is 0.305 e. The predicted molar refractivity (Wildman–Crippen MR) is 137 cm³/mol. The highest BCUT2D eigenvalue weighted by atomic mass is 32.2. The second-order valence-electron chi connectivity index (χ2n) is 9.49. The number of rotatable bonds is 13. The summed E-state index contributed by atoms with van der Waals surface area (Å²) in [6.07, 6.45) is 3.93. The van der Waals surface area contributed by atoms with Crippen LogP contribution in [-0.4, -0.2) is 85.7 Å². The zero-order valence-corrected chi connectivity index (χ0v) is 21.8. The fraction of sp³-hybridized carbons (Fsp3) is 0.542. The highest BCUT2D eigenvalue weighted by Crippen LogP contribution is 2.28. The van der Waals surface area contributed by atoms with Crippen molar-refractivity contribution in [2.24, 2.45) is 16.9 Å². The van der Waals surface area contributed by atoms with Crippen LogP contribution < -0.4 is 15.9 Å². The molecule has 1 aromatic rings. The molecule has 1 heterocycles. The molecule has 1 saturated carbocycles. The number of nitrogens with zero attached hydrogens (tertiary/aromatic N) is 4. The van der Waals surface area contributed by atoms with E-state index in [2.05, 4.69) is 15.1 Å². The summed E-state index contributed by atoms with van der Waals surface area (Å²) in [5, 5.41) is 24.4. The molecule has 5 N–H and O–H groups in total. The summed E-state index contributed by atoms with van der Waals surface area (Å²) in [5.41, 5.74) is 0.267. The van der Waals surface area contributed by atoms with Gasteiger partial charge in [0.05, 0.1) is 29.4 Å². The van der Waals surface area contributed by atoms with E-state index < -0.39 is 40.3 Å². The van der Waals surface area contributed by atoms with Gasteiger partial charge in [0.25, 0.3) is 0 Å². The number of sulfonamides is 1. The lowest BCUT2D eigenvalue weighted by molar-refractivity contribution is -0.140. The molecule has 2 atom stereocenters. The zero-order valence-electron chi connectivity index (χ0n) is 21.0. The molecule has 1 aromatic carbocycles. The number of nitrogens with one attached hydrogen (secondary N) is 2. The summed E-state index contributed by atoms with van der Waals surface area (Å²) in [6.45, 7) is 1.71. The molecule has 1 aliphatic heterocycles. The van der Waals surface area contributed by atoms with Crippen LogP contribution in [0.3, 0.4) is 0 Å². The van der Waals surface area contributed by atoms with Gasteiger partial charge in [0.15, 0.2) is 0 Å². The van der Waals surface area contributed by atoms with Crippen LogP contribution in [0.15, 0.2) is 34.3 Å². The van der Waals surface area contributed by atoms with Crippen LogP contribution in [0.2, 0.25) is 0 Å². The number of carboxylic acids is 1. The molecule has 1 saturated heterocycles. The Labute approximate surface area is 221 Å². The third kappa shape index (κ3) is 8.42. The zero-order chi connectivity index (χ0) is 27.7. The quantitative estimate of drug-likeness (QED) is 0.112. The number of benzene rings is 1. The molecule has 2 aliphatic rings. The first-order chi connectivity index (χ1) is 18.1. The largest absolute Gasteiger partial charge is 0.481 e. The van der Waals surface area contributed by atoms with Gasteiger partial charge in [0.2, 0.25) is 21.8 Å². The number of hydrogen-bond donors (Lipinski definition) is 4. The van der Waals surface area contributed by atoms with Gasteiger partial charge in [0, 0.05) is 32.2 Å². The topological polar surface area (TPSA) is 198 Å². The minimum Gasteiger partial charge on any atom is -0.481 e. The molecule has 206 valence electrons. The lowest BCUT2D eigenvalue weighted by Crippen LogP contribution is -2.52. The summed E-state index contributed by atoms with van der Waals surface area (Å²) in [5.74, 6) is 3.11. The summed E-state index contributed by atoms with van der Waals surface area (Å²) >= 11 is 0. The number of aliphatic carboxylic acids is 1. The molecule has 0 radical (unpaired) electrons. The van der Waals surface area contributed by atoms with Crippen LogP contribution in [0.5, 0.6) is 0 Å². The number of likely N-dealkylation sites (tertiary alicyclic amines) is 1. The van der Waals surface area contributed by atoms with Crippen LogP contribution in [0, 0.1) is 17.2 Å². The summed E-state index contributed by atoms with van der Waals surface area (Å²) < 4.78 is 28.5. The van der Waals surface area contributed by atoms with Crippen molar-refractivity contribution in [3.63, 3.8) is 0 Å². The molecule has 3 rings (SSSR count). The number of carboxylic acid groups (broad SMARTS) is 1. The Morgan fingerprint density at radius 3 is 2.58 bits per heavy atom. The van der Waals surface area contributed by atoms with E-state index >= 15 is 0 Å². The van der Waals surface area contributed by atoms with Crippen LogP contribution >= 0.6 is 0 Å². The van der Waals surface area contributed by atoms with Gasteiger partial charge in [-0.15, -0.1) is 0 Å². The van der Waals surface area contributed by atoms with Gasteiger partial charge in [-0.3, -0.25) is 14.4 Å². The molecule has 2 fully saturated rings. The number of carbonyl (C=O) groups is 3. The lowest BCUT2D eigenvalue weighted by Gasteiger charge is -2.31. The van der Waals surface area contributed by atoms with Gasteiger partial charge in [-0.1, -0.05) is 0 Å². The van der Waals surface area contributed by atoms with Gasteiger partial charge in [-0.25, -0.2) is 8.42 Å². The van der Waals surface area contributed by atoms with Crippen molar-refractivity contribution in [3.05, 3.63) is 29.8 Å². The first kappa shape index (κ1) is 28.9. The van der Waals surface area contributed by atoms with E-state index in [1.54, 1.807) is 6.34 Å². The van der Waals surface area contributed by atoms with Gasteiger partial charge in [-0.2, -0.15) is 15.1 Å². The highest BCUT2D eigenvalue weighted by Gasteiger charge is 2.38. The van der Waals surface area contributed by atoms with Crippen LogP contribution in [0.4, 0.5) is 0 Å². The predicted octanol–water partition coefficient (Wildman–Crippen LogP) is -0.209. The number of piperidine rings is 1. The minimum atomic E-state index is -4.23. The smallest absolute Gasteiger partial charge is 0.305 e. The summed E-state index contributed by atoms with van der Waals surface area (Å²) in [7, 11) is -4.23. The van der Waals surface area contributed by atoms with E-state index in [1.807, 2.05) is 11.0 Å². The van der Waals surface area contributed by atoms with Gasteiger partial charge >= 0.3 is 5.97 Å². The van der Waals surface area contributed by atoms with E-state index in [0.29, 0.717) is 25.9 Å². The van der Waals surface area contributed by atoms with E-state index in [-0.39, 0.29) is 35.4 Å². The van der Waals surface area contributed by atoms with Gasteiger partial charge < -0.3 is 26.1 Å². The van der Waals surface area contributed by atoms with E-state index in [1.165, 1.54) is 29.2 Å². The highest BCUT2D eigenvalue weighted by molar-refractivity contribution is 7.89. The Morgan fingerprint density at radius 1 is 1.26 bits per heavy atom. The Balaban J connectivity index is 1.73. The molecule has 38 heavy (non-hydrogen) atoms. The minimum absolute atomic E-state index is 0.0872. The average molecular weight is 548 g/mol. The van der Waals surface area contributed by atoms with E-state index in [0.717, 1.165) is 19.4 Å². The molecule has 1 aliphatic carbocycles. The fourth-order valence-corrected chi connectivity index (χ4v) is 5.59.